The number of nitrogens with one attached hydrogen (secondary N) is 1. The van der Waals surface area contributed by atoms with E-state index in [9.17, 15) is 9.18 Å². The zero-order chi connectivity index (χ0) is 14.7. The molecule has 0 aromatic heterocycles. The van der Waals surface area contributed by atoms with Gasteiger partial charge in [-0.05, 0) is 58.5 Å². The second kappa shape index (κ2) is 6.41. The van der Waals surface area contributed by atoms with Crippen LogP contribution in [0.1, 0.15) is 15.9 Å². The molecule has 104 valence electrons. The number of hydrogen-bond donors (Lipinski definition) is 2. The van der Waals surface area contributed by atoms with E-state index in [0.717, 1.165) is 14.8 Å². The molecule has 0 aliphatic rings. The maximum absolute atomic E-state index is 13.0. The Morgan fingerprint density at radius 3 is 2.65 bits per heavy atom. The number of nitrogens with two attached hydrogens (primary N) is 1. The Morgan fingerprint density at radius 2 is 2.05 bits per heavy atom. The number of carbonyl (C=O) groups excluding carboxylic acids is 1. The maximum atomic E-state index is 13.0. The molecule has 1 amide bonds. The topological polar surface area (TPSA) is 55.1 Å². The highest BCUT2D eigenvalue weighted by Crippen LogP contribution is 2.22. The summed E-state index contributed by atoms with van der Waals surface area (Å²) in [5, 5.41) is 3.63. The summed E-state index contributed by atoms with van der Waals surface area (Å²) in [7, 11) is 0. The minimum atomic E-state index is -0.514. The molecule has 3 nitrogen and oxygen atoms in total. The molecular weight excluding hydrogens is 394 g/mol. The summed E-state index contributed by atoms with van der Waals surface area (Å²) < 4.78 is 13.8. The van der Waals surface area contributed by atoms with Gasteiger partial charge in [0.1, 0.15) is 5.82 Å². The van der Waals surface area contributed by atoms with Crippen molar-refractivity contribution in [3.63, 3.8) is 0 Å². The van der Waals surface area contributed by atoms with Crippen LogP contribution in [0.15, 0.2) is 36.4 Å². The summed E-state index contributed by atoms with van der Waals surface area (Å²) in [6.45, 7) is 0.472. The molecule has 0 atom stereocenters. The molecule has 0 spiro atoms. The fraction of sp³-hybridized carbons (Fsp3) is 0.0714. The van der Waals surface area contributed by atoms with Crippen LogP contribution in [-0.2, 0) is 6.54 Å². The number of carbonyl (C=O) groups is 1. The lowest BCUT2D eigenvalue weighted by atomic mass is 10.1. The predicted octanol–water partition coefficient (Wildman–Crippen LogP) is 3.79. The van der Waals surface area contributed by atoms with Crippen LogP contribution in [0, 0.1) is 9.39 Å². The smallest absolute Gasteiger partial charge is 0.248 e. The molecule has 6 heteroatoms. The standard InChI is InChI=1S/C14H11ClFIN2O/c15-11-5-8(14(18)20)1-2-9(11)7-19-13-4-3-10(16)6-12(13)17/h1-6,19H,7H2,(H2,18,20). The Hall–Kier alpha value is -1.34. The van der Waals surface area contributed by atoms with Crippen molar-refractivity contribution in [3.05, 3.63) is 61.9 Å². The molecule has 0 radical (unpaired) electrons. The third-order valence-electron chi connectivity index (χ3n) is 2.74. The van der Waals surface area contributed by atoms with Crippen LogP contribution in [-0.4, -0.2) is 5.91 Å². The highest BCUT2D eigenvalue weighted by molar-refractivity contribution is 14.1. The molecule has 2 aromatic carbocycles. The van der Waals surface area contributed by atoms with Gasteiger partial charge in [-0.2, -0.15) is 0 Å². The van der Waals surface area contributed by atoms with Gasteiger partial charge in [-0.1, -0.05) is 17.7 Å². The van der Waals surface area contributed by atoms with Gasteiger partial charge < -0.3 is 11.1 Å². The lowest BCUT2D eigenvalue weighted by molar-refractivity contribution is 0.100. The quantitative estimate of drug-likeness (QED) is 0.762. The van der Waals surface area contributed by atoms with E-state index in [1.54, 1.807) is 18.2 Å². The van der Waals surface area contributed by atoms with Crippen molar-refractivity contribution in [1.82, 2.24) is 0 Å². The van der Waals surface area contributed by atoms with Crippen molar-refractivity contribution < 1.29 is 9.18 Å². The molecule has 0 bridgehead atoms. The van der Waals surface area contributed by atoms with Gasteiger partial charge in [0.25, 0.3) is 0 Å². The van der Waals surface area contributed by atoms with Crippen molar-refractivity contribution in [2.45, 2.75) is 6.54 Å². The first-order valence-electron chi connectivity index (χ1n) is 5.74. The lowest BCUT2D eigenvalue weighted by Gasteiger charge is -2.10. The van der Waals surface area contributed by atoms with Crippen molar-refractivity contribution in [1.29, 1.82) is 0 Å². The van der Waals surface area contributed by atoms with Gasteiger partial charge in [-0.3, -0.25) is 4.79 Å². The van der Waals surface area contributed by atoms with E-state index in [2.05, 4.69) is 27.9 Å². The van der Waals surface area contributed by atoms with Crippen molar-refractivity contribution in [3.8, 4) is 0 Å². The highest BCUT2D eigenvalue weighted by atomic mass is 127. The van der Waals surface area contributed by atoms with Gasteiger partial charge in [-0.15, -0.1) is 0 Å². The average molecular weight is 405 g/mol. The van der Waals surface area contributed by atoms with Crippen LogP contribution in [0.5, 0.6) is 0 Å². The van der Waals surface area contributed by atoms with E-state index in [-0.39, 0.29) is 5.82 Å². The van der Waals surface area contributed by atoms with Crippen LogP contribution >= 0.6 is 34.2 Å². The molecule has 2 aromatic rings. The van der Waals surface area contributed by atoms with Crippen molar-refractivity contribution in [2.75, 3.05) is 5.32 Å². The van der Waals surface area contributed by atoms with E-state index < -0.39 is 5.91 Å². The van der Waals surface area contributed by atoms with Crippen LogP contribution in [0.3, 0.4) is 0 Å². The predicted molar refractivity (Wildman–Crippen MR) is 86.4 cm³/mol. The minimum absolute atomic E-state index is 0.274. The average Bonchev–Trinajstić information content (AvgIpc) is 2.38. The number of hydrogen-bond acceptors (Lipinski definition) is 2. The monoisotopic (exact) mass is 404 g/mol. The van der Waals surface area contributed by atoms with Crippen LogP contribution < -0.4 is 11.1 Å². The first kappa shape index (κ1) is 15.1. The van der Waals surface area contributed by atoms with Crippen LogP contribution in [0.4, 0.5) is 10.1 Å². The Bertz CT molecular complexity index is 664. The zero-order valence-corrected chi connectivity index (χ0v) is 13.2. The SMILES string of the molecule is NC(=O)c1ccc(CNc2ccc(F)cc2I)c(Cl)c1. The largest absolute Gasteiger partial charge is 0.380 e. The van der Waals surface area contributed by atoms with Crippen molar-refractivity contribution in [2.24, 2.45) is 5.73 Å². The Labute approximate surface area is 134 Å². The first-order chi connectivity index (χ1) is 9.47. The third kappa shape index (κ3) is 3.61. The summed E-state index contributed by atoms with van der Waals surface area (Å²) in [4.78, 5) is 11.0. The molecule has 3 N–H and O–H groups in total. The fourth-order valence-corrected chi connectivity index (χ4v) is 2.58. The van der Waals surface area contributed by atoms with E-state index in [1.807, 2.05) is 0 Å². The summed E-state index contributed by atoms with van der Waals surface area (Å²) in [6, 6.07) is 9.41. The van der Waals surface area contributed by atoms with Gasteiger partial charge in [0.2, 0.25) is 5.91 Å². The van der Waals surface area contributed by atoms with Crippen LogP contribution in [0.2, 0.25) is 5.02 Å². The molecule has 0 fully saturated rings. The molecule has 0 aliphatic heterocycles. The molecule has 20 heavy (non-hydrogen) atoms. The fourth-order valence-electron chi connectivity index (χ4n) is 1.67. The van der Waals surface area contributed by atoms with E-state index in [1.165, 1.54) is 18.2 Å². The van der Waals surface area contributed by atoms with E-state index in [4.69, 9.17) is 17.3 Å². The number of amides is 1. The van der Waals surface area contributed by atoms with Crippen LogP contribution in [0.25, 0.3) is 0 Å². The number of rotatable bonds is 4. The third-order valence-corrected chi connectivity index (χ3v) is 3.98. The number of anilines is 1. The summed E-state index contributed by atoms with van der Waals surface area (Å²) >= 11 is 8.15. The van der Waals surface area contributed by atoms with Gasteiger partial charge in [0.05, 0.1) is 0 Å². The first-order valence-corrected chi connectivity index (χ1v) is 7.20. The molecule has 0 unspecified atom stereocenters. The molecule has 0 saturated carbocycles. The second-order valence-electron chi connectivity index (χ2n) is 4.15. The zero-order valence-electron chi connectivity index (χ0n) is 10.3. The highest BCUT2D eigenvalue weighted by Gasteiger charge is 2.07. The Kier molecular flexibility index (Phi) is 4.82. The van der Waals surface area contributed by atoms with Gasteiger partial charge in [0, 0.05) is 26.4 Å². The number of primary amides is 1. The summed E-state index contributed by atoms with van der Waals surface area (Å²) in [5.41, 5.74) is 7.20. The Morgan fingerprint density at radius 1 is 1.30 bits per heavy atom. The molecule has 0 aliphatic carbocycles. The van der Waals surface area contributed by atoms with Gasteiger partial charge >= 0.3 is 0 Å². The van der Waals surface area contributed by atoms with Crippen molar-refractivity contribution >= 4 is 45.8 Å². The molecular formula is C14H11ClFIN2O. The minimum Gasteiger partial charge on any atom is -0.380 e. The van der Waals surface area contributed by atoms with E-state index in [0.29, 0.717) is 17.1 Å². The maximum Gasteiger partial charge on any atom is 0.248 e. The molecule has 0 saturated heterocycles. The van der Waals surface area contributed by atoms with E-state index >= 15 is 0 Å². The molecule has 2 rings (SSSR count). The second-order valence-corrected chi connectivity index (χ2v) is 5.72. The summed E-state index contributed by atoms with van der Waals surface area (Å²) in [6.07, 6.45) is 0. The van der Waals surface area contributed by atoms with Gasteiger partial charge in [-0.25, -0.2) is 4.39 Å². The van der Waals surface area contributed by atoms with Gasteiger partial charge in [0.15, 0.2) is 0 Å². The lowest BCUT2D eigenvalue weighted by Crippen LogP contribution is -2.11. The number of halogens is 3. The normalized spacial score (nSPS) is 10.3. The summed E-state index contributed by atoms with van der Waals surface area (Å²) in [5.74, 6) is -0.789. The molecule has 0 heterocycles. The Balaban J connectivity index is 2.13. The number of benzene rings is 2.